The van der Waals surface area contributed by atoms with Crippen LogP contribution in [0.1, 0.15) is 22.8 Å². The number of amides is 1. The van der Waals surface area contributed by atoms with Crippen LogP contribution in [0.25, 0.3) is 0 Å². The molecule has 0 bridgehead atoms. The lowest BCUT2D eigenvalue weighted by atomic mass is 10.1. The van der Waals surface area contributed by atoms with Gasteiger partial charge < -0.3 is 10.6 Å². The Kier molecular flexibility index (Phi) is 5.42. The SMILES string of the molecule is CCN(Cc1cccc(N)c1)C(=O)c1cc(Br)cc(Br)c1. The van der Waals surface area contributed by atoms with Crippen molar-refractivity contribution < 1.29 is 4.79 Å². The maximum atomic E-state index is 12.6. The fourth-order valence-electron chi connectivity index (χ4n) is 2.10. The topological polar surface area (TPSA) is 46.3 Å². The predicted molar refractivity (Wildman–Crippen MR) is 93.1 cm³/mol. The lowest BCUT2D eigenvalue weighted by molar-refractivity contribution is 0.0752. The van der Waals surface area contributed by atoms with Crippen LogP contribution in [0, 0.1) is 0 Å². The molecule has 0 saturated carbocycles. The minimum atomic E-state index is 0.00178. The van der Waals surface area contributed by atoms with Crippen LogP contribution in [-0.2, 0) is 6.54 Å². The average Bonchev–Trinajstić information content (AvgIpc) is 2.43. The van der Waals surface area contributed by atoms with Crippen LogP contribution in [0.3, 0.4) is 0 Å². The summed E-state index contributed by atoms with van der Waals surface area (Å²) in [6.07, 6.45) is 0. The average molecular weight is 412 g/mol. The van der Waals surface area contributed by atoms with Crippen LogP contribution in [0.5, 0.6) is 0 Å². The molecule has 21 heavy (non-hydrogen) atoms. The van der Waals surface area contributed by atoms with Crippen molar-refractivity contribution in [3.8, 4) is 0 Å². The minimum absolute atomic E-state index is 0.00178. The van der Waals surface area contributed by atoms with Gasteiger partial charge in [0.25, 0.3) is 5.91 Å². The molecule has 0 saturated heterocycles. The van der Waals surface area contributed by atoms with Crippen molar-refractivity contribution in [3.05, 3.63) is 62.5 Å². The number of halogens is 2. The predicted octanol–water partition coefficient (Wildman–Crippen LogP) is 4.46. The number of nitrogen functional groups attached to an aromatic ring is 1. The summed E-state index contributed by atoms with van der Waals surface area (Å²) in [5.74, 6) is 0.00178. The quantitative estimate of drug-likeness (QED) is 0.755. The first-order valence-electron chi connectivity index (χ1n) is 6.59. The van der Waals surface area contributed by atoms with Gasteiger partial charge in [-0.05, 0) is 42.8 Å². The molecular weight excluding hydrogens is 396 g/mol. The first kappa shape index (κ1) is 16.0. The van der Waals surface area contributed by atoms with Crippen molar-refractivity contribution in [2.45, 2.75) is 13.5 Å². The van der Waals surface area contributed by atoms with Crippen molar-refractivity contribution in [3.63, 3.8) is 0 Å². The van der Waals surface area contributed by atoms with Gasteiger partial charge in [0.05, 0.1) is 0 Å². The molecule has 2 aromatic rings. The van der Waals surface area contributed by atoms with Crippen molar-refractivity contribution in [1.29, 1.82) is 0 Å². The van der Waals surface area contributed by atoms with Crippen LogP contribution in [0.2, 0.25) is 0 Å². The molecule has 0 heterocycles. The first-order chi connectivity index (χ1) is 9.99. The van der Waals surface area contributed by atoms with Crippen molar-refractivity contribution in [1.82, 2.24) is 4.90 Å². The van der Waals surface area contributed by atoms with Gasteiger partial charge in [-0.1, -0.05) is 44.0 Å². The van der Waals surface area contributed by atoms with Crippen LogP contribution in [0.15, 0.2) is 51.4 Å². The second-order valence-corrected chi connectivity index (χ2v) is 6.55. The van der Waals surface area contributed by atoms with Gasteiger partial charge in [-0.15, -0.1) is 0 Å². The van der Waals surface area contributed by atoms with E-state index in [-0.39, 0.29) is 5.91 Å². The lowest BCUT2D eigenvalue weighted by Crippen LogP contribution is -2.30. The van der Waals surface area contributed by atoms with Crippen molar-refractivity contribution in [2.24, 2.45) is 0 Å². The third-order valence-electron chi connectivity index (χ3n) is 3.10. The fourth-order valence-corrected chi connectivity index (χ4v) is 3.39. The molecule has 2 rings (SSSR count). The third kappa shape index (κ3) is 4.32. The van der Waals surface area contributed by atoms with Crippen LogP contribution in [0.4, 0.5) is 5.69 Å². The highest BCUT2D eigenvalue weighted by Crippen LogP contribution is 2.22. The van der Waals surface area contributed by atoms with E-state index >= 15 is 0 Å². The van der Waals surface area contributed by atoms with Gasteiger partial charge in [-0.3, -0.25) is 4.79 Å². The highest BCUT2D eigenvalue weighted by molar-refractivity contribution is 9.11. The largest absolute Gasteiger partial charge is 0.399 e. The molecule has 1 amide bonds. The first-order valence-corrected chi connectivity index (χ1v) is 8.18. The number of hydrogen-bond donors (Lipinski definition) is 1. The number of benzene rings is 2. The summed E-state index contributed by atoms with van der Waals surface area (Å²) in [5, 5.41) is 0. The molecule has 3 nitrogen and oxygen atoms in total. The van der Waals surface area contributed by atoms with Gasteiger partial charge in [-0.25, -0.2) is 0 Å². The number of carbonyl (C=O) groups is 1. The molecule has 0 aliphatic heterocycles. The molecule has 0 aromatic heterocycles. The number of carbonyl (C=O) groups excluding carboxylic acids is 1. The molecule has 2 aromatic carbocycles. The smallest absolute Gasteiger partial charge is 0.254 e. The molecular formula is C16H16Br2N2O. The van der Waals surface area contributed by atoms with Gasteiger partial charge in [-0.2, -0.15) is 0 Å². The summed E-state index contributed by atoms with van der Waals surface area (Å²) in [5.41, 5.74) is 8.18. The summed E-state index contributed by atoms with van der Waals surface area (Å²) in [4.78, 5) is 14.4. The molecule has 5 heteroatoms. The Morgan fingerprint density at radius 3 is 2.38 bits per heavy atom. The van der Waals surface area contributed by atoms with Crippen LogP contribution < -0.4 is 5.73 Å². The Bertz CT molecular complexity index is 638. The third-order valence-corrected chi connectivity index (χ3v) is 4.02. The summed E-state index contributed by atoms with van der Waals surface area (Å²) >= 11 is 6.82. The Labute approximate surface area is 141 Å². The molecule has 0 fully saturated rings. The zero-order valence-corrected chi connectivity index (χ0v) is 14.8. The number of anilines is 1. The zero-order chi connectivity index (χ0) is 15.4. The van der Waals surface area contributed by atoms with Gasteiger partial charge in [0.1, 0.15) is 0 Å². The molecule has 0 atom stereocenters. The highest BCUT2D eigenvalue weighted by Gasteiger charge is 2.15. The fraction of sp³-hybridized carbons (Fsp3) is 0.188. The maximum absolute atomic E-state index is 12.6. The summed E-state index contributed by atoms with van der Waals surface area (Å²) in [7, 11) is 0. The van der Waals surface area contributed by atoms with Gasteiger partial charge in [0.2, 0.25) is 0 Å². The molecule has 0 unspecified atom stereocenters. The molecule has 110 valence electrons. The highest BCUT2D eigenvalue weighted by atomic mass is 79.9. The van der Waals surface area contributed by atoms with Crippen molar-refractivity contribution in [2.75, 3.05) is 12.3 Å². The Hall–Kier alpha value is -1.33. The van der Waals surface area contributed by atoms with E-state index in [0.29, 0.717) is 24.3 Å². The van der Waals surface area contributed by atoms with E-state index in [1.165, 1.54) is 0 Å². The zero-order valence-electron chi connectivity index (χ0n) is 11.6. The van der Waals surface area contributed by atoms with Gasteiger partial charge in [0, 0.05) is 33.3 Å². The van der Waals surface area contributed by atoms with E-state index in [2.05, 4.69) is 31.9 Å². The molecule has 2 N–H and O–H groups in total. The monoisotopic (exact) mass is 410 g/mol. The second kappa shape index (κ2) is 7.09. The van der Waals surface area contributed by atoms with E-state index in [1.807, 2.05) is 49.4 Å². The molecule has 0 aliphatic rings. The molecule has 0 radical (unpaired) electrons. The van der Waals surface area contributed by atoms with E-state index < -0.39 is 0 Å². The Balaban J connectivity index is 2.22. The van der Waals surface area contributed by atoms with E-state index in [1.54, 1.807) is 4.90 Å². The minimum Gasteiger partial charge on any atom is -0.399 e. The Morgan fingerprint density at radius 2 is 1.81 bits per heavy atom. The summed E-state index contributed by atoms with van der Waals surface area (Å²) in [6.45, 7) is 3.15. The summed E-state index contributed by atoms with van der Waals surface area (Å²) in [6, 6.07) is 13.2. The second-order valence-electron chi connectivity index (χ2n) is 4.72. The molecule has 0 spiro atoms. The number of rotatable bonds is 4. The Morgan fingerprint density at radius 1 is 1.14 bits per heavy atom. The van der Waals surface area contributed by atoms with E-state index in [0.717, 1.165) is 14.5 Å². The normalized spacial score (nSPS) is 10.4. The van der Waals surface area contributed by atoms with Gasteiger partial charge in [0.15, 0.2) is 0 Å². The lowest BCUT2D eigenvalue weighted by Gasteiger charge is -2.21. The van der Waals surface area contributed by atoms with Crippen LogP contribution in [-0.4, -0.2) is 17.4 Å². The summed E-state index contributed by atoms with van der Waals surface area (Å²) < 4.78 is 1.75. The number of nitrogens with zero attached hydrogens (tertiary/aromatic N) is 1. The molecule has 0 aliphatic carbocycles. The standard InChI is InChI=1S/C16H16Br2N2O/c1-2-20(10-11-4-3-5-15(19)6-11)16(21)12-7-13(17)9-14(18)8-12/h3-9H,2,10,19H2,1H3. The number of hydrogen-bond acceptors (Lipinski definition) is 2. The van der Waals surface area contributed by atoms with E-state index in [4.69, 9.17) is 5.73 Å². The number of nitrogens with two attached hydrogens (primary N) is 1. The van der Waals surface area contributed by atoms with Gasteiger partial charge >= 0.3 is 0 Å². The maximum Gasteiger partial charge on any atom is 0.254 e. The van der Waals surface area contributed by atoms with E-state index in [9.17, 15) is 4.79 Å². The van der Waals surface area contributed by atoms with Crippen molar-refractivity contribution >= 4 is 43.5 Å². The van der Waals surface area contributed by atoms with Crippen LogP contribution >= 0.6 is 31.9 Å².